The molecule has 0 bridgehead atoms. The Hall–Kier alpha value is -6.06. The summed E-state index contributed by atoms with van der Waals surface area (Å²) in [5, 5.41) is 29.7. The van der Waals surface area contributed by atoms with Gasteiger partial charge in [-0.15, -0.1) is 0 Å². The SMILES string of the molecule is CC(C)[C@H](C(=O)N[C@H](Cc1ccccc1)[C@@H](O)CN1CCN(C[C@H](O)[C@@H](Cc2ccccc2)NC(=O)[C@@H](C(C)C)N2C(=O)c3ccccc3C2=O)CC1)N1C(=O)c2ccccc2C1=O. The Kier molecular flexibility index (Phi) is 14.5. The summed E-state index contributed by atoms with van der Waals surface area (Å²) < 4.78 is 0. The lowest BCUT2D eigenvalue weighted by atomic mass is 9.97. The quantitative estimate of drug-likeness (QED) is 0.108. The number of nitrogens with zero attached hydrogens (tertiary/aromatic N) is 4. The van der Waals surface area contributed by atoms with Crippen molar-refractivity contribution in [1.82, 2.24) is 30.2 Å². The normalized spacial score (nSPS) is 18.4. The zero-order valence-electron chi connectivity index (χ0n) is 36.8. The fourth-order valence-corrected chi connectivity index (χ4v) is 9.13. The summed E-state index contributed by atoms with van der Waals surface area (Å²) in [4.78, 5) is 88.4. The number of benzene rings is 4. The highest BCUT2D eigenvalue weighted by molar-refractivity contribution is 6.23. The number of amides is 6. The van der Waals surface area contributed by atoms with Crippen LogP contribution in [0.3, 0.4) is 0 Å². The summed E-state index contributed by atoms with van der Waals surface area (Å²) in [7, 11) is 0. The molecule has 0 unspecified atom stereocenters. The first-order chi connectivity index (χ1) is 30.7. The molecule has 0 aliphatic carbocycles. The maximum Gasteiger partial charge on any atom is 0.262 e. The first-order valence-electron chi connectivity index (χ1n) is 22.2. The molecule has 14 heteroatoms. The van der Waals surface area contributed by atoms with E-state index in [1.54, 1.807) is 76.2 Å². The molecule has 1 fully saturated rings. The molecule has 3 heterocycles. The fraction of sp³-hybridized carbons (Fsp3) is 0.400. The minimum Gasteiger partial charge on any atom is -0.390 e. The van der Waals surface area contributed by atoms with Crippen molar-refractivity contribution in [3.8, 4) is 0 Å². The van der Waals surface area contributed by atoms with Crippen molar-refractivity contribution in [3.63, 3.8) is 0 Å². The minimum absolute atomic E-state index is 0.231. The van der Waals surface area contributed by atoms with Gasteiger partial charge in [0.1, 0.15) is 12.1 Å². The molecule has 0 spiro atoms. The van der Waals surface area contributed by atoms with Crippen LogP contribution < -0.4 is 10.6 Å². The molecule has 0 radical (unpaired) electrons. The summed E-state index contributed by atoms with van der Waals surface area (Å²) >= 11 is 0. The van der Waals surface area contributed by atoms with Gasteiger partial charge in [0.15, 0.2) is 0 Å². The standard InChI is InChI=1S/C50H58N6O8/c1-31(2)43(55-47(61)35-19-11-12-20-36(35)48(55)62)45(59)51-39(27-33-15-7-5-8-16-33)41(57)29-53-23-25-54(26-24-53)30-42(58)40(28-34-17-9-6-10-18-34)52-46(60)44(32(3)4)56-49(63)37-21-13-14-22-38(37)50(56)64/h5-22,31-32,39-44,57-58H,23-30H2,1-4H3,(H,51,59)(H,52,60)/t39-,40-,41+,42+,43-,44-/m1/s1. The van der Waals surface area contributed by atoms with Crippen LogP contribution in [-0.4, -0.2) is 141 Å². The van der Waals surface area contributed by atoms with Crippen LogP contribution in [0.2, 0.25) is 0 Å². The molecule has 4 aromatic carbocycles. The average Bonchev–Trinajstić information content (AvgIpc) is 3.68. The van der Waals surface area contributed by atoms with Crippen molar-refractivity contribution in [2.24, 2.45) is 11.8 Å². The number of aliphatic hydroxyl groups excluding tert-OH is 2. The van der Waals surface area contributed by atoms with E-state index in [9.17, 15) is 39.0 Å². The van der Waals surface area contributed by atoms with E-state index in [0.29, 0.717) is 39.0 Å². The van der Waals surface area contributed by atoms with Crippen LogP contribution in [-0.2, 0) is 22.4 Å². The third-order valence-electron chi connectivity index (χ3n) is 12.5. The topological polar surface area (TPSA) is 180 Å². The monoisotopic (exact) mass is 870 g/mol. The van der Waals surface area contributed by atoms with Gasteiger partial charge >= 0.3 is 0 Å². The number of hydrogen-bond acceptors (Lipinski definition) is 10. The highest BCUT2D eigenvalue weighted by Gasteiger charge is 2.46. The predicted molar refractivity (Wildman–Crippen MR) is 240 cm³/mol. The number of aliphatic hydroxyl groups is 2. The molecule has 3 aliphatic rings. The second kappa shape index (κ2) is 20.2. The number of nitrogens with one attached hydrogen (secondary N) is 2. The van der Waals surface area contributed by atoms with E-state index in [1.807, 2.05) is 60.7 Å². The van der Waals surface area contributed by atoms with E-state index < -0.39 is 83.7 Å². The Labute approximate surface area is 374 Å². The summed E-state index contributed by atoms with van der Waals surface area (Å²) in [5.41, 5.74) is 2.83. The van der Waals surface area contributed by atoms with Gasteiger partial charge in [-0.3, -0.25) is 48.4 Å². The number of piperazine rings is 1. The van der Waals surface area contributed by atoms with E-state index in [2.05, 4.69) is 20.4 Å². The lowest BCUT2D eigenvalue weighted by Crippen LogP contribution is -2.59. The first-order valence-corrected chi connectivity index (χ1v) is 22.2. The number of hydrogen-bond donors (Lipinski definition) is 4. The van der Waals surface area contributed by atoms with Crippen molar-refractivity contribution in [2.75, 3.05) is 39.3 Å². The van der Waals surface area contributed by atoms with E-state index in [-0.39, 0.29) is 35.3 Å². The van der Waals surface area contributed by atoms with Crippen LogP contribution in [0.4, 0.5) is 0 Å². The number of imide groups is 2. The van der Waals surface area contributed by atoms with Gasteiger partial charge in [-0.05, 0) is 60.1 Å². The van der Waals surface area contributed by atoms with Crippen molar-refractivity contribution < 1.29 is 39.0 Å². The van der Waals surface area contributed by atoms with Gasteiger partial charge in [0, 0.05) is 39.3 Å². The largest absolute Gasteiger partial charge is 0.390 e. The van der Waals surface area contributed by atoms with Crippen LogP contribution in [0, 0.1) is 11.8 Å². The molecule has 1 saturated heterocycles. The lowest BCUT2D eigenvalue weighted by Gasteiger charge is -2.39. The van der Waals surface area contributed by atoms with Crippen molar-refractivity contribution in [1.29, 1.82) is 0 Å². The summed E-state index contributed by atoms with van der Waals surface area (Å²) in [5.74, 6) is -3.95. The van der Waals surface area contributed by atoms with Gasteiger partial charge in [0.05, 0.1) is 46.5 Å². The average molecular weight is 871 g/mol. The number of rotatable bonds is 18. The van der Waals surface area contributed by atoms with Gasteiger partial charge in [-0.2, -0.15) is 0 Å². The minimum atomic E-state index is -1.10. The molecule has 14 nitrogen and oxygen atoms in total. The molecular weight excluding hydrogens is 813 g/mol. The van der Waals surface area contributed by atoms with Crippen molar-refractivity contribution in [2.45, 2.75) is 76.9 Å². The fourth-order valence-electron chi connectivity index (χ4n) is 9.13. The molecule has 3 aliphatic heterocycles. The molecule has 0 saturated carbocycles. The Morgan fingerprint density at radius 3 is 1.05 bits per heavy atom. The first kappa shape index (κ1) is 45.9. The highest BCUT2D eigenvalue weighted by Crippen LogP contribution is 2.29. The van der Waals surface area contributed by atoms with Crippen LogP contribution in [0.25, 0.3) is 0 Å². The molecule has 64 heavy (non-hydrogen) atoms. The second-order valence-corrected chi connectivity index (χ2v) is 17.8. The van der Waals surface area contributed by atoms with Gasteiger partial charge in [0.25, 0.3) is 23.6 Å². The Morgan fingerprint density at radius 1 is 0.484 bits per heavy atom. The molecule has 336 valence electrons. The van der Waals surface area contributed by atoms with Crippen LogP contribution in [0.15, 0.2) is 109 Å². The third kappa shape index (κ3) is 10.0. The van der Waals surface area contributed by atoms with Gasteiger partial charge in [-0.1, -0.05) is 113 Å². The maximum atomic E-state index is 14.1. The van der Waals surface area contributed by atoms with E-state index >= 15 is 0 Å². The van der Waals surface area contributed by atoms with E-state index in [4.69, 9.17) is 0 Å². The van der Waals surface area contributed by atoms with Crippen LogP contribution in [0.1, 0.15) is 80.3 Å². The van der Waals surface area contributed by atoms with Gasteiger partial charge in [-0.25, -0.2) is 0 Å². The molecule has 4 N–H and O–H groups in total. The van der Waals surface area contributed by atoms with Gasteiger partial charge < -0.3 is 20.8 Å². The molecule has 7 rings (SSSR count). The van der Waals surface area contributed by atoms with Crippen LogP contribution >= 0.6 is 0 Å². The zero-order valence-corrected chi connectivity index (χ0v) is 36.8. The summed E-state index contributed by atoms with van der Waals surface area (Å²) in [6, 6.07) is 28.4. The molecule has 6 atom stereocenters. The smallest absolute Gasteiger partial charge is 0.262 e. The number of carbonyl (C=O) groups excluding carboxylic acids is 6. The van der Waals surface area contributed by atoms with Crippen LogP contribution in [0.5, 0.6) is 0 Å². The predicted octanol–water partition coefficient (Wildman–Crippen LogP) is 3.42. The Morgan fingerprint density at radius 2 is 0.766 bits per heavy atom. The summed E-state index contributed by atoms with van der Waals surface area (Å²) in [6.07, 6.45) is -1.41. The Bertz CT molecular complexity index is 2100. The molecule has 0 aromatic heterocycles. The van der Waals surface area contributed by atoms with Crippen molar-refractivity contribution in [3.05, 3.63) is 143 Å². The number of β-amino-alcohol motifs (C(OH)–C–C–N with tert-alkyl or cyclic N) is 2. The number of carbonyl (C=O) groups is 6. The maximum absolute atomic E-state index is 14.1. The van der Waals surface area contributed by atoms with Crippen molar-refractivity contribution >= 4 is 35.4 Å². The number of fused-ring (bicyclic) bond motifs is 2. The lowest BCUT2D eigenvalue weighted by molar-refractivity contribution is -0.128. The highest BCUT2D eigenvalue weighted by atomic mass is 16.3. The molecule has 6 amide bonds. The summed E-state index contributed by atoms with van der Waals surface area (Å²) in [6.45, 7) is 9.78. The Balaban J connectivity index is 0.995. The molecular formula is C50H58N6O8. The molecule has 4 aromatic rings. The zero-order chi connectivity index (χ0) is 45.7. The second-order valence-electron chi connectivity index (χ2n) is 17.8. The third-order valence-corrected chi connectivity index (χ3v) is 12.5. The van der Waals surface area contributed by atoms with E-state index in [0.717, 1.165) is 20.9 Å². The van der Waals surface area contributed by atoms with E-state index in [1.165, 1.54) is 0 Å². The van der Waals surface area contributed by atoms with Gasteiger partial charge in [0.2, 0.25) is 11.8 Å².